The standard InChI is InChI=1S/C30H25N3O7S2/c1-16-32-33-30(42-16)41-15-22-13-25(18-7-5-17(14-34)6-8-18)39-29(38-22)20-3-2-4-21(11-20)31-26(35)19-9-10-23-24(12-19)28(37)40-27(23)36/h2-12,22,25,29,34H,13-15H2,1H3,(H,31,35). The molecule has 10 nitrogen and oxygen atoms in total. The SMILES string of the molecule is Cc1nnc(SCC2CC(c3ccc(CO)cc3)OC(c3cccc(NC(=O)c4ccc5c(c4)C(=O)OC5=O)c3)O2)s1. The molecule has 42 heavy (non-hydrogen) atoms. The summed E-state index contributed by atoms with van der Waals surface area (Å²) in [5, 5.41) is 21.5. The molecule has 2 aliphatic heterocycles. The Morgan fingerprint density at radius 1 is 1.00 bits per heavy atom. The number of nitrogens with one attached hydrogen (secondary N) is 1. The molecule has 4 aromatic rings. The maximum atomic E-state index is 13.0. The minimum atomic E-state index is -0.771. The van der Waals surface area contributed by atoms with Gasteiger partial charge in [-0.05, 0) is 48.4 Å². The van der Waals surface area contributed by atoms with Gasteiger partial charge >= 0.3 is 11.9 Å². The van der Waals surface area contributed by atoms with Gasteiger partial charge in [0.05, 0.1) is 29.9 Å². The summed E-state index contributed by atoms with van der Waals surface area (Å²) in [5.41, 5.74) is 3.43. The summed E-state index contributed by atoms with van der Waals surface area (Å²) in [6, 6.07) is 19.1. The molecular formula is C30H25N3O7S2. The summed E-state index contributed by atoms with van der Waals surface area (Å²) in [7, 11) is 0. The summed E-state index contributed by atoms with van der Waals surface area (Å²) in [5.74, 6) is -1.29. The minimum absolute atomic E-state index is 0.0375. The molecule has 0 bridgehead atoms. The van der Waals surface area contributed by atoms with Crippen LogP contribution in [0.4, 0.5) is 5.69 Å². The molecule has 3 aromatic carbocycles. The van der Waals surface area contributed by atoms with E-state index in [-0.39, 0.29) is 35.5 Å². The maximum absolute atomic E-state index is 13.0. The van der Waals surface area contributed by atoms with E-state index in [1.165, 1.54) is 29.5 Å². The second-order valence-corrected chi connectivity index (χ2v) is 12.2. The van der Waals surface area contributed by atoms with Crippen LogP contribution >= 0.6 is 23.1 Å². The van der Waals surface area contributed by atoms with Crippen LogP contribution < -0.4 is 5.32 Å². The van der Waals surface area contributed by atoms with Gasteiger partial charge in [0.1, 0.15) is 5.01 Å². The average Bonchev–Trinajstić information content (AvgIpc) is 3.56. The first-order valence-electron chi connectivity index (χ1n) is 13.1. The van der Waals surface area contributed by atoms with Gasteiger partial charge in [-0.1, -0.05) is 59.5 Å². The van der Waals surface area contributed by atoms with Crippen molar-refractivity contribution in [3.05, 3.63) is 105 Å². The van der Waals surface area contributed by atoms with Crippen molar-refractivity contribution < 1.29 is 33.7 Å². The van der Waals surface area contributed by atoms with Crippen LogP contribution in [0, 0.1) is 6.92 Å². The lowest BCUT2D eigenvalue weighted by atomic mass is 10.0. The fraction of sp³-hybridized carbons (Fsp3) is 0.233. The van der Waals surface area contributed by atoms with Gasteiger partial charge < -0.3 is 24.6 Å². The van der Waals surface area contributed by atoms with Crippen molar-refractivity contribution in [3.8, 4) is 0 Å². The lowest BCUT2D eigenvalue weighted by molar-refractivity contribution is -0.245. The van der Waals surface area contributed by atoms with E-state index in [0.717, 1.165) is 26.0 Å². The molecule has 1 saturated heterocycles. The van der Waals surface area contributed by atoms with Gasteiger partial charge in [0.15, 0.2) is 10.6 Å². The average molecular weight is 604 g/mol. The van der Waals surface area contributed by atoms with Crippen molar-refractivity contribution in [3.63, 3.8) is 0 Å². The largest absolute Gasteiger partial charge is 0.392 e. The number of anilines is 1. The Morgan fingerprint density at radius 2 is 1.81 bits per heavy atom. The number of amides is 1. The molecular weight excluding hydrogens is 578 g/mol. The van der Waals surface area contributed by atoms with Crippen molar-refractivity contribution in [1.82, 2.24) is 10.2 Å². The van der Waals surface area contributed by atoms with Gasteiger partial charge in [-0.25, -0.2) is 9.59 Å². The highest BCUT2D eigenvalue weighted by Crippen LogP contribution is 2.40. The number of aliphatic hydroxyl groups excluding tert-OH is 1. The third-order valence-electron chi connectivity index (χ3n) is 6.84. The Hall–Kier alpha value is -3.94. The molecule has 3 unspecified atom stereocenters. The van der Waals surface area contributed by atoms with Crippen molar-refractivity contribution in [2.24, 2.45) is 0 Å². The van der Waals surface area contributed by atoms with E-state index in [1.807, 2.05) is 37.3 Å². The lowest BCUT2D eigenvalue weighted by Gasteiger charge is -2.36. The number of carbonyl (C=O) groups is 3. The van der Waals surface area contributed by atoms with Crippen molar-refractivity contribution in [2.75, 3.05) is 11.1 Å². The zero-order chi connectivity index (χ0) is 29.2. The first-order chi connectivity index (χ1) is 20.4. The molecule has 1 amide bonds. The molecule has 2 aliphatic rings. The molecule has 3 heterocycles. The van der Waals surface area contributed by atoms with Crippen LogP contribution in [0.3, 0.4) is 0 Å². The molecule has 0 saturated carbocycles. The summed E-state index contributed by atoms with van der Waals surface area (Å²) < 4.78 is 18.3. The highest BCUT2D eigenvalue weighted by Gasteiger charge is 2.33. The van der Waals surface area contributed by atoms with E-state index in [2.05, 4.69) is 20.3 Å². The van der Waals surface area contributed by atoms with E-state index in [1.54, 1.807) is 30.0 Å². The van der Waals surface area contributed by atoms with Crippen molar-refractivity contribution in [2.45, 2.75) is 42.8 Å². The number of carbonyl (C=O) groups excluding carboxylic acids is 3. The van der Waals surface area contributed by atoms with Crippen LogP contribution in [0.2, 0.25) is 0 Å². The van der Waals surface area contributed by atoms with Gasteiger partial charge in [-0.15, -0.1) is 10.2 Å². The van der Waals surface area contributed by atoms with Crippen LogP contribution in [0.1, 0.15) is 71.6 Å². The van der Waals surface area contributed by atoms with Gasteiger partial charge in [-0.2, -0.15) is 0 Å². The smallest absolute Gasteiger partial charge is 0.346 e. The molecule has 0 aliphatic carbocycles. The van der Waals surface area contributed by atoms with Crippen LogP contribution in [-0.4, -0.2) is 45.0 Å². The monoisotopic (exact) mass is 603 g/mol. The predicted octanol–water partition coefficient (Wildman–Crippen LogP) is 5.24. The highest BCUT2D eigenvalue weighted by molar-refractivity contribution is 8.01. The number of hydrogen-bond acceptors (Lipinski definition) is 11. The van der Waals surface area contributed by atoms with Crippen molar-refractivity contribution >= 4 is 46.6 Å². The summed E-state index contributed by atoms with van der Waals surface area (Å²) >= 11 is 3.12. The highest BCUT2D eigenvalue weighted by atomic mass is 32.2. The molecule has 214 valence electrons. The number of aryl methyl sites for hydroxylation is 1. The Kier molecular flexibility index (Phi) is 8.13. The number of thioether (sulfide) groups is 1. The number of hydrogen-bond donors (Lipinski definition) is 2. The van der Waals surface area contributed by atoms with E-state index < -0.39 is 24.1 Å². The molecule has 0 radical (unpaired) electrons. The maximum Gasteiger partial charge on any atom is 0.346 e. The number of rotatable bonds is 8. The van der Waals surface area contributed by atoms with Gasteiger partial charge in [-0.3, -0.25) is 4.79 Å². The van der Waals surface area contributed by atoms with Crippen LogP contribution in [-0.2, 0) is 20.8 Å². The van der Waals surface area contributed by atoms with Crippen molar-refractivity contribution in [1.29, 1.82) is 0 Å². The lowest BCUT2D eigenvalue weighted by Crippen LogP contribution is -2.31. The summed E-state index contributed by atoms with van der Waals surface area (Å²) in [4.78, 5) is 36.7. The summed E-state index contributed by atoms with van der Waals surface area (Å²) in [6.45, 7) is 1.88. The third-order valence-corrected chi connectivity index (χ3v) is 8.94. The zero-order valence-corrected chi connectivity index (χ0v) is 23.9. The Balaban J connectivity index is 1.20. The number of aliphatic hydroxyl groups is 1. The number of benzene rings is 3. The Morgan fingerprint density at radius 3 is 2.57 bits per heavy atom. The molecule has 6 rings (SSSR count). The third kappa shape index (κ3) is 6.13. The quantitative estimate of drug-likeness (QED) is 0.156. The number of fused-ring (bicyclic) bond motifs is 1. The molecule has 1 fully saturated rings. The normalized spacial score (nSPS) is 19.8. The van der Waals surface area contributed by atoms with E-state index in [4.69, 9.17) is 9.47 Å². The minimum Gasteiger partial charge on any atom is -0.392 e. The van der Waals surface area contributed by atoms with Crippen LogP contribution in [0.5, 0.6) is 0 Å². The number of aromatic nitrogens is 2. The fourth-order valence-electron chi connectivity index (χ4n) is 4.72. The van der Waals surface area contributed by atoms with Crippen LogP contribution in [0.25, 0.3) is 0 Å². The van der Waals surface area contributed by atoms with E-state index in [9.17, 15) is 19.5 Å². The zero-order valence-electron chi connectivity index (χ0n) is 22.3. The fourth-order valence-corrected chi connectivity index (χ4v) is 6.58. The van der Waals surface area contributed by atoms with Gasteiger partial charge in [0.2, 0.25) is 0 Å². The number of nitrogens with zero attached hydrogens (tertiary/aromatic N) is 2. The number of esters is 2. The topological polar surface area (TPSA) is 137 Å². The van der Waals surface area contributed by atoms with Gasteiger partial charge in [0, 0.05) is 29.0 Å². The van der Waals surface area contributed by atoms with E-state index in [0.29, 0.717) is 17.9 Å². The molecule has 12 heteroatoms. The van der Waals surface area contributed by atoms with E-state index >= 15 is 0 Å². The summed E-state index contributed by atoms with van der Waals surface area (Å²) in [6.07, 6.45) is -0.502. The molecule has 1 aromatic heterocycles. The van der Waals surface area contributed by atoms with Crippen LogP contribution in [0.15, 0.2) is 71.1 Å². The first kappa shape index (κ1) is 28.2. The molecule has 0 spiro atoms. The second kappa shape index (κ2) is 12.1. The number of cyclic esters (lactones) is 2. The Bertz CT molecular complexity index is 1660. The Labute approximate surface area is 249 Å². The second-order valence-electron chi connectivity index (χ2n) is 9.77. The number of ether oxygens (including phenoxy) is 3. The molecule has 3 atom stereocenters. The van der Waals surface area contributed by atoms with Gasteiger partial charge in [0.25, 0.3) is 5.91 Å². The first-order valence-corrected chi connectivity index (χ1v) is 14.9. The predicted molar refractivity (Wildman–Crippen MR) is 154 cm³/mol. The molecule has 2 N–H and O–H groups in total.